The molecule has 0 saturated carbocycles. The molecule has 0 atom stereocenters. The zero-order chi connectivity index (χ0) is 22.0. The van der Waals surface area contributed by atoms with Gasteiger partial charge in [0, 0.05) is 35.9 Å². The zero-order valence-corrected chi connectivity index (χ0v) is 19.0. The third kappa shape index (κ3) is 4.75. The number of benzene rings is 2. The minimum Gasteiger partial charge on any atom is -0.493 e. The van der Waals surface area contributed by atoms with Crippen molar-refractivity contribution in [3.8, 4) is 21.9 Å². The van der Waals surface area contributed by atoms with Gasteiger partial charge < -0.3 is 14.4 Å². The van der Waals surface area contributed by atoms with Crippen molar-refractivity contribution in [1.82, 2.24) is 4.90 Å². The van der Waals surface area contributed by atoms with Crippen molar-refractivity contribution in [1.29, 1.82) is 0 Å². The van der Waals surface area contributed by atoms with Gasteiger partial charge in [-0.15, -0.1) is 11.3 Å². The summed E-state index contributed by atoms with van der Waals surface area (Å²) >= 11 is 1.50. The van der Waals surface area contributed by atoms with Crippen LogP contribution in [0.4, 0.5) is 0 Å². The molecule has 6 nitrogen and oxygen atoms in total. The summed E-state index contributed by atoms with van der Waals surface area (Å²) in [5, 5.41) is 0. The number of ether oxygens (including phenoxy) is 2. The van der Waals surface area contributed by atoms with Gasteiger partial charge in [0.2, 0.25) is 0 Å². The first-order valence-corrected chi connectivity index (χ1v) is 12.6. The third-order valence-electron chi connectivity index (χ3n) is 5.02. The fourth-order valence-corrected chi connectivity index (χ4v) is 5.23. The number of nitrogens with zero attached hydrogens (tertiary/aromatic N) is 1. The number of fused-ring (bicyclic) bond motifs is 3. The Morgan fingerprint density at radius 2 is 1.97 bits per heavy atom. The lowest BCUT2D eigenvalue weighted by atomic mass is 10.1. The molecule has 3 aromatic rings. The molecule has 0 radical (unpaired) electrons. The second-order valence-electron chi connectivity index (χ2n) is 7.43. The molecule has 4 rings (SSSR count). The summed E-state index contributed by atoms with van der Waals surface area (Å²) in [6.45, 7) is 1.38. The van der Waals surface area contributed by atoms with Crippen LogP contribution in [0.15, 0.2) is 59.5 Å². The Labute approximate surface area is 186 Å². The van der Waals surface area contributed by atoms with Gasteiger partial charge in [-0.1, -0.05) is 18.2 Å². The number of para-hydroxylation sites is 1. The SMILES string of the molecule is CN(CCCOc1cccc(S(C)(=O)=O)c1)C(=O)c1cc2c(s1)-c1ccccc1OC2. The van der Waals surface area contributed by atoms with Crippen LogP contribution in [0.5, 0.6) is 11.5 Å². The molecule has 2 heterocycles. The summed E-state index contributed by atoms with van der Waals surface area (Å²) in [5.74, 6) is 1.32. The van der Waals surface area contributed by atoms with Gasteiger partial charge >= 0.3 is 0 Å². The maximum Gasteiger partial charge on any atom is 0.263 e. The lowest BCUT2D eigenvalue weighted by Gasteiger charge is -2.16. The first-order chi connectivity index (χ1) is 14.8. The Morgan fingerprint density at radius 1 is 1.16 bits per heavy atom. The maximum absolute atomic E-state index is 12.9. The Kier molecular flexibility index (Phi) is 6.02. The van der Waals surface area contributed by atoms with Gasteiger partial charge in [-0.2, -0.15) is 0 Å². The molecule has 0 spiro atoms. The molecule has 1 aliphatic heterocycles. The summed E-state index contributed by atoms with van der Waals surface area (Å²) in [7, 11) is -1.50. The number of carbonyl (C=O) groups is 1. The van der Waals surface area contributed by atoms with E-state index in [1.54, 1.807) is 30.1 Å². The summed E-state index contributed by atoms with van der Waals surface area (Å²) in [5.41, 5.74) is 2.06. The largest absolute Gasteiger partial charge is 0.493 e. The molecule has 2 aromatic carbocycles. The Bertz CT molecular complexity index is 1220. The van der Waals surface area contributed by atoms with Crippen molar-refractivity contribution in [3.05, 3.63) is 65.0 Å². The highest BCUT2D eigenvalue weighted by Crippen LogP contribution is 2.42. The zero-order valence-electron chi connectivity index (χ0n) is 17.3. The summed E-state index contributed by atoms with van der Waals surface area (Å²) < 4.78 is 34.7. The molecule has 0 unspecified atom stereocenters. The second-order valence-corrected chi connectivity index (χ2v) is 10.5. The maximum atomic E-state index is 12.9. The highest BCUT2D eigenvalue weighted by Gasteiger charge is 2.23. The van der Waals surface area contributed by atoms with Crippen LogP contribution in [0.25, 0.3) is 10.4 Å². The summed E-state index contributed by atoms with van der Waals surface area (Å²) in [4.78, 5) is 16.6. The number of rotatable bonds is 7. The normalized spacial score (nSPS) is 12.5. The Hall–Kier alpha value is -2.84. The van der Waals surface area contributed by atoms with Crippen molar-refractivity contribution in [2.45, 2.75) is 17.9 Å². The molecule has 0 fully saturated rings. The fourth-order valence-electron chi connectivity index (χ4n) is 3.38. The molecule has 162 valence electrons. The van der Waals surface area contributed by atoms with Crippen LogP contribution < -0.4 is 9.47 Å². The van der Waals surface area contributed by atoms with Gasteiger partial charge in [-0.05, 0) is 42.8 Å². The minimum atomic E-state index is -3.27. The smallest absolute Gasteiger partial charge is 0.263 e. The van der Waals surface area contributed by atoms with Crippen LogP contribution in [-0.2, 0) is 16.4 Å². The van der Waals surface area contributed by atoms with Gasteiger partial charge in [-0.3, -0.25) is 4.79 Å². The van der Waals surface area contributed by atoms with E-state index in [1.807, 2.05) is 30.3 Å². The third-order valence-corrected chi connectivity index (χ3v) is 7.33. The van der Waals surface area contributed by atoms with Crippen LogP contribution in [0.1, 0.15) is 21.7 Å². The molecule has 0 N–H and O–H groups in total. The monoisotopic (exact) mass is 457 g/mol. The van der Waals surface area contributed by atoms with Crippen LogP contribution in [0, 0.1) is 0 Å². The fraction of sp³-hybridized carbons (Fsp3) is 0.261. The number of sulfone groups is 1. The van der Waals surface area contributed by atoms with E-state index in [0.717, 1.165) is 21.8 Å². The molecular formula is C23H23NO5S2. The number of hydrogen-bond donors (Lipinski definition) is 0. The van der Waals surface area contributed by atoms with E-state index in [-0.39, 0.29) is 10.8 Å². The average molecular weight is 458 g/mol. The lowest BCUT2D eigenvalue weighted by molar-refractivity contribution is 0.0792. The molecule has 8 heteroatoms. The van der Waals surface area contributed by atoms with Crippen molar-refractivity contribution < 1.29 is 22.7 Å². The molecular weight excluding hydrogens is 434 g/mol. The topological polar surface area (TPSA) is 72.9 Å². The molecule has 0 saturated heterocycles. The van der Waals surface area contributed by atoms with Gasteiger partial charge in [0.1, 0.15) is 18.1 Å². The standard InChI is InChI=1S/C23H23NO5S2/c1-24(11-6-12-28-17-7-5-8-18(14-17)31(2,26)27)23(25)21-13-16-15-29-20-10-4-3-9-19(20)22(16)30-21/h3-5,7-10,13-14H,6,11-12,15H2,1-2H3. The van der Waals surface area contributed by atoms with Crippen molar-refractivity contribution in [3.63, 3.8) is 0 Å². The lowest BCUT2D eigenvalue weighted by Crippen LogP contribution is -2.28. The predicted molar refractivity (Wildman–Crippen MR) is 121 cm³/mol. The number of hydrogen-bond acceptors (Lipinski definition) is 6. The predicted octanol–water partition coefficient (Wildman–Crippen LogP) is 4.25. The van der Waals surface area contributed by atoms with E-state index >= 15 is 0 Å². The van der Waals surface area contributed by atoms with E-state index in [0.29, 0.717) is 36.8 Å². The van der Waals surface area contributed by atoms with Crippen LogP contribution in [-0.4, -0.2) is 45.7 Å². The van der Waals surface area contributed by atoms with Gasteiger partial charge in [0.05, 0.1) is 16.4 Å². The molecule has 1 aromatic heterocycles. The highest BCUT2D eigenvalue weighted by molar-refractivity contribution is 7.90. The van der Waals surface area contributed by atoms with Gasteiger partial charge in [0.25, 0.3) is 5.91 Å². The molecule has 0 bridgehead atoms. The molecule has 31 heavy (non-hydrogen) atoms. The summed E-state index contributed by atoms with van der Waals surface area (Å²) in [6.07, 6.45) is 1.79. The quantitative estimate of drug-likeness (QED) is 0.496. The number of carbonyl (C=O) groups excluding carboxylic acids is 1. The summed E-state index contributed by atoms with van der Waals surface area (Å²) in [6, 6.07) is 16.2. The minimum absolute atomic E-state index is 0.0315. The highest BCUT2D eigenvalue weighted by atomic mass is 32.2. The van der Waals surface area contributed by atoms with Crippen LogP contribution in [0.2, 0.25) is 0 Å². The van der Waals surface area contributed by atoms with E-state index in [2.05, 4.69) is 0 Å². The second kappa shape index (κ2) is 8.72. The van der Waals surface area contributed by atoms with Crippen molar-refractivity contribution in [2.24, 2.45) is 0 Å². The molecule has 1 aliphatic rings. The van der Waals surface area contributed by atoms with E-state index in [4.69, 9.17) is 9.47 Å². The number of amides is 1. The van der Waals surface area contributed by atoms with Crippen LogP contribution in [0.3, 0.4) is 0 Å². The van der Waals surface area contributed by atoms with Crippen molar-refractivity contribution >= 4 is 27.1 Å². The van der Waals surface area contributed by atoms with E-state index in [9.17, 15) is 13.2 Å². The average Bonchev–Trinajstić information content (AvgIpc) is 3.20. The first kappa shape index (κ1) is 21.4. The van der Waals surface area contributed by atoms with Gasteiger partial charge in [-0.25, -0.2) is 8.42 Å². The Morgan fingerprint density at radius 3 is 2.77 bits per heavy atom. The van der Waals surface area contributed by atoms with E-state index in [1.165, 1.54) is 23.7 Å². The molecule has 1 amide bonds. The first-order valence-electron chi connectivity index (χ1n) is 9.86. The van der Waals surface area contributed by atoms with Crippen molar-refractivity contribution in [2.75, 3.05) is 26.5 Å². The van der Waals surface area contributed by atoms with E-state index < -0.39 is 9.84 Å². The molecule has 0 aliphatic carbocycles. The number of thiophene rings is 1. The Balaban J connectivity index is 1.34. The van der Waals surface area contributed by atoms with Gasteiger partial charge in [0.15, 0.2) is 9.84 Å². The van der Waals surface area contributed by atoms with Crippen LogP contribution >= 0.6 is 11.3 Å².